The monoisotopic (exact) mass is 198 g/mol. The van der Waals surface area contributed by atoms with Gasteiger partial charge >= 0.3 is 6.09 Å². The summed E-state index contributed by atoms with van der Waals surface area (Å²) in [6, 6.07) is 0. The molecule has 1 fully saturated rings. The highest BCUT2D eigenvalue weighted by molar-refractivity contribution is 5.64. The van der Waals surface area contributed by atoms with Crippen molar-refractivity contribution in [3.63, 3.8) is 0 Å². The number of azide groups is 1. The fourth-order valence-electron chi connectivity index (χ4n) is 1.75. The van der Waals surface area contributed by atoms with E-state index in [9.17, 15) is 4.79 Å². The van der Waals surface area contributed by atoms with Crippen molar-refractivity contribution in [3.05, 3.63) is 10.4 Å². The molecule has 14 heavy (non-hydrogen) atoms. The number of hydrogen-bond donors (Lipinski definition) is 1. The number of carbonyl (C=O) groups is 1. The van der Waals surface area contributed by atoms with Crippen molar-refractivity contribution in [3.8, 4) is 0 Å². The predicted octanol–water partition coefficient (Wildman–Crippen LogP) is 1.95. The zero-order valence-corrected chi connectivity index (χ0v) is 7.93. The van der Waals surface area contributed by atoms with Crippen LogP contribution in [0.4, 0.5) is 4.79 Å². The lowest BCUT2D eigenvalue weighted by molar-refractivity contribution is 0.0721. The third kappa shape index (κ3) is 3.53. The van der Waals surface area contributed by atoms with Crippen LogP contribution in [0.1, 0.15) is 25.7 Å². The SMILES string of the molecule is [N-]=[N+]=NC[C@H]1CC[C@H](OC(N)=O)CC1. The van der Waals surface area contributed by atoms with E-state index in [0.717, 1.165) is 25.7 Å². The van der Waals surface area contributed by atoms with Crippen LogP contribution in [-0.2, 0) is 4.74 Å². The van der Waals surface area contributed by atoms with E-state index in [-0.39, 0.29) is 6.10 Å². The Morgan fingerprint density at radius 3 is 2.64 bits per heavy atom. The number of primary amides is 1. The fourth-order valence-corrected chi connectivity index (χ4v) is 1.75. The van der Waals surface area contributed by atoms with Crippen molar-refractivity contribution >= 4 is 6.09 Å². The van der Waals surface area contributed by atoms with Gasteiger partial charge in [-0.3, -0.25) is 0 Å². The first kappa shape index (κ1) is 10.7. The molecule has 0 bridgehead atoms. The van der Waals surface area contributed by atoms with Gasteiger partial charge < -0.3 is 10.5 Å². The second kappa shape index (κ2) is 5.34. The summed E-state index contributed by atoms with van der Waals surface area (Å²) in [7, 11) is 0. The maximum atomic E-state index is 10.5. The van der Waals surface area contributed by atoms with E-state index in [0.29, 0.717) is 12.5 Å². The van der Waals surface area contributed by atoms with Crippen molar-refractivity contribution < 1.29 is 9.53 Å². The zero-order valence-electron chi connectivity index (χ0n) is 7.93. The van der Waals surface area contributed by atoms with Gasteiger partial charge in [0.1, 0.15) is 6.10 Å². The molecule has 78 valence electrons. The molecular formula is C8H14N4O2. The Morgan fingerprint density at radius 2 is 2.14 bits per heavy atom. The van der Waals surface area contributed by atoms with Gasteiger partial charge in [-0.1, -0.05) is 5.11 Å². The Bertz CT molecular complexity index is 230. The first-order valence-electron chi connectivity index (χ1n) is 4.69. The topological polar surface area (TPSA) is 101 Å². The van der Waals surface area contributed by atoms with E-state index in [2.05, 4.69) is 10.0 Å². The lowest BCUT2D eigenvalue weighted by Crippen LogP contribution is -2.27. The number of nitrogens with two attached hydrogens (primary N) is 1. The fraction of sp³-hybridized carbons (Fsp3) is 0.875. The van der Waals surface area contributed by atoms with Crippen LogP contribution in [-0.4, -0.2) is 18.7 Å². The molecule has 1 saturated carbocycles. The minimum atomic E-state index is -0.705. The quantitative estimate of drug-likeness (QED) is 0.425. The Balaban J connectivity index is 2.23. The summed E-state index contributed by atoms with van der Waals surface area (Å²) in [5, 5.41) is 3.53. The third-order valence-electron chi connectivity index (χ3n) is 2.48. The molecule has 1 aliphatic carbocycles. The van der Waals surface area contributed by atoms with Gasteiger partial charge in [0.05, 0.1) is 0 Å². The van der Waals surface area contributed by atoms with Crippen LogP contribution < -0.4 is 5.73 Å². The summed E-state index contributed by atoms with van der Waals surface area (Å²) < 4.78 is 4.88. The molecule has 0 unspecified atom stereocenters. The van der Waals surface area contributed by atoms with Crippen molar-refractivity contribution in [1.29, 1.82) is 0 Å². The summed E-state index contributed by atoms with van der Waals surface area (Å²) in [6.07, 6.45) is 2.73. The highest BCUT2D eigenvalue weighted by Crippen LogP contribution is 2.26. The first-order chi connectivity index (χ1) is 6.72. The zero-order chi connectivity index (χ0) is 10.4. The van der Waals surface area contributed by atoms with Crippen LogP contribution in [0.2, 0.25) is 0 Å². The molecule has 0 aromatic carbocycles. The average molecular weight is 198 g/mol. The molecule has 1 aliphatic rings. The molecule has 0 spiro atoms. The van der Waals surface area contributed by atoms with Gasteiger partial charge in [0.15, 0.2) is 0 Å². The van der Waals surface area contributed by atoms with Gasteiger partial charge in [-0.2, -0.15) is 0 Å². The van der Waals surface area contributed by atoms with Gasteiger partial charge in [0, 0.05) is 11.5 Å². The van der Waals surface area contributed by atoms with Gasteiger partial charge in [-0.05, 0) is 37.1 Å². The van der Waals surface area contributed by atoms with Crippen molar-refractivity contribution in [2.75, 3.05) is 6.54 Å². The Labute approximate surface area is 82.0 Å². The molecule has 2 N–H and O–H groups in total. The molecule has 1 rings (SSSR count). The summed E-state index contributed by atoms with van der Waals surface area (Å²) in [5.41, 5.74) is 13.1. The molecule has 6 nitrogen and oxygen atoms in total. The Kier molecular flexibility index (Phi) is 4.07. The molecule has 0 aromatic heterocycles. The largest absolute Gasteiger partial charge is 0.446 e. The minimum absolute atomic E-state index is 0.0465. The van der Waals surface area contributed by atoms with Crippen molar-refractivity contribution in [2.24, 2.45) is 16.8 Å². The van der Waals surface area contributed by atoms with Crippen LogP contribution in [0, 0.1) is 5.92 Å². The number of amides is 1. The summed E-state index contributed by atoms with van der Waals surface area (Å²) in [6.45, 7) is 0.541. The number of hydrogen-bond acceptors (Lipinski definition) is 3. The normalized spacial score (nSPS) is 26.3. The van der Waals surface area contributed by atoms with E-state index in [1.54, 1.807) is 0 Å². The summed E-state index contributed by atoms with van der Waals surface area (Å²) >= 11 is 0. The molecular weight excluding hydrogens is 184 g/mol. The van der Waals surface area contributed by atoms with Gasteiger partial charge in [-0.25, -0.2) is 4.79 Å². The maximum Gasteiger partial charge on any atom is 0.404 e. The molecule has 1 amide bonds. The standard InChI is InChI=1S/C8H14N4O2/c9-8(13)14-7-3-1-6(2-4-7)5-11-12-10/h6-7H,1-5H2,(H2,9,13)/t6-,7-. The van der Waals surface area contributed by atoms with E-state index in [1.165, 1.54) is 0 Å². The molecule has 6 heteroatoms. The minimum Gasteiger partial charge on any atom is -0.446 e. The molecule has 0 aliphatic heterocycles. The van der Waals surface area contributed by atoms with Crippen LogP contribution in [0.5, 0.6) is 0 Å². The smallest absolute Gasteiger partial charge is 0.404 e. The molecule has 0 radical (unpaired) electrons. The van der Waals surface area contributed by atoms with Crippen molar-refractivity contribution in [2.45, 2.75) is 31.8 Å². The van der Waals surface area contributed by atoms with Crippen LogP contribution in [0.25, 0.3) is 10.4 Å². The highest BCUT2D eigenvalue weighted by Gasteiger charge is 2.22. The molecule has 0 saturated heterocycles. The van der Waals surface area contributed by atoms with Gasteiger partial charge in [0.25, 0.3) is 0 Å². The van der Waals surface area contributed by atoms with E-state index in [1.807, 2.05) is 0 Å². The summed E-state index contributed by atoms with van der Waals surface area (Å²) in [5.74, 6) is 0.429. The predicted molar refractivity (Wildman–Crippen MR) is 50.4 cm³/mol. The van der Waals surface area contributed by atoms with E-state index < -0.39 is 6.09 Å². The lowest BCUT2D eigenvalue weighted by Gasteiger charge is -2.26. The molecule has 0 atom stereocenters. The first-order valence-corrected chi connectivity index (χ1v) is 4.69. The Hall–Kier alpha value is -1.42. The Morgan fingerprint density at radius 1 is 1.50 bits per heavy atom. The number of ether oxygens (including phenoxy) is 1. The average Bonchev–Trinajstić information content (AvgIpc) is 2.16. The van der Waals surface area contributed by atoms with Gasteiger partial charge in [0.2, 0.25) is 0 Å². The van der Waals surface area contributed by atoms with Crippen LogP contribution in [0.15, 0.2) is 5.11 Å². The van der Waals surface area contributed by atoms with Crippen LogP contribution >= 0.6 is 0 Å². The van der Waals surface area contributed by atoms with Gasteiger partial charge in [-0.15, -0.1) is 0 Å². The summed E-state index contributed by atoms with van der Waals surface area (Å²) in [4.78, 5) is 13.2. The second-order valence-corrected chi connectivity index (χ2v) is 3.49. The maximum absolute atomic E-state index is 10.5. The number of nitrogens with zero attached hydrogens (tertiary/aromatic N) is 3. The number of rotatable bonds is 3. The third-order valence-corrected chi connectivity index (χ3v) is 2.48. The second-order valence-electron chi connectivity index (χ2n) is 3.49. The van der Waals surface area contributed by atoms with E-state index in [4.69, 9.17) is 16.0 Å². The number of carbonyl (C=O) groups excluding carboxylic acids is 1. The van der Waals surface area contributed by atoms with Crippen molar-refractivity contribution in [1.82, 2.24) is 0 Å². The highest BCUT2D eigenvalue weighted by atomic mass is 16.6. The van der Waals surface area contributed by atoms with Crippen LogP contribution in [0.3, 0.4) is 0 Å². The van der Waals surface area contributed by atoms with E-state index >= 15 is 0 Å². The lowest BCUT2D eigenvalue weighted by atomic mass is 9.87. The molecule has 0 aromatic rings. The molecule has 0 heterocycles.